The highest BCUT2D eigenvalue weighted by Gasteiger charge is 2.21. The number of carboxylic acids is 1. The summed E-state index contributed by atoms with van der Waals surface area (Å²) in [7, 11) is 0. The summed E-state index contributed by atoms with van der Waals surface area (Å²) in [6.07, 6.45) is 2.95. The average Bonchev–Trinajstić information content (AvgIpc) is 3.22. The molecule has 0 saturated carbocycles. The molecule has 1 aliphatic heterocycles. The zero-order valence-corrected chi connectivity index (χ0v) is 16.5. The zero-order chi connectivity index (χ0) is 19.8. The third-order valence-corrected chi connectivity index (χ3v) is 5.11. The predicted molar refractivity (Wildman–Crippen MR) is 109 cm³/mol. The van der Waals surface area contributed by atoms with E-state index < -0.39 is 11.9 Å². The summed E-state index contributed by atoms with van der Waals surface area (Å²) in [6, 6.07) is 15.1. The van der Waals surface area contributed by atoms with Gasteiger partial charge in [-0.2, -0.15) is 0 Å². The van der Waals surface area contributed by atoms with Crippen molar-refractivity contribution >= 4 is 5.97 Å². The topological polar surface area (TPSA) is 59.0 Å². The lowest BCUT2D eigenvalue weighted by Gasteiger charge is -2.18. The predicted octanol–water partition coefficient (Wildman–Crippen LogP) is 3.97. The molecule has 0 aliphatic carbocycles. The van der Waals surface area contributed by atoms with Gasteiger partial charge in [-0.25, -0.2) is 0 Å². The molecule has 0 amide bonds. The quantitative estimate of drug-likeness (QED) is 0.673. The molecule has 1 atom stereocenters. The van der Waals surface area contributed by atoms with Crippen molar-refractivity contribution < 1.29 is 19.4 Å². The van der Waals surface area contributed by atoms with Crippen LogP contribution in [0.2, 0.25) is 0 Å². The summed E-state index contributed by atoms with van der Waals surface area (Å²) in [4.78, 5) is 14.2. The number of ether oxygens (including phenoxy) is 2. The van der Waals surface area contributed by atoms with Gasteiger partial charge in [0.2, 0.25) is 0 Å². The van der Waals surface area contributed by atoms with Crippen molar-refractivity contribution in [3.63, 3.8) is 0 Å². The van der Waals surface area contributed by atoms with E-state index in [4.69, 9.17) is 9.47 Å². The second-order valence-corrected chi connectivity index (χ2v) is 7.12. The van der Waals surface area contributed by atoms with E-state index in [2.05, 4.69) is 4.90 Å². The Balaban J connectivity index is 1.69. The fourth-order valence-corrected chi connectivity index (χ4v) is 3.63. The van der Waals surface area contributed by atoms with Gasteiger partial charge in [0, 0.05) is 6.54 Å². The van der Waals surface area contributed by atoms with Crippen LogP contribution in [0.4, 0.5) is 0 Å². The van der Waals surface area contributed by atoms with Crippen LogP contribution >= 0.6 is 0 Å². The van der Waals surface area contributed by atoms with Gasteiger partial charge in [-0.15, -0.1) is 0 Å². The Hall–Kier alpha value is -2.53. The van der Waals surface area contributed by atoms with Crippen LogP contribution in [0.1, 0.15) is 36.8 Å². The van der Waals surface area contributed by atoms with Crippen LogP contribution in [0.15, 0.2) is 48.5 Å². The molecular formula is C23H29NO4. The number of carboxylic acid groups (broad SMARTS) is 1. The lowest BCUT2D eigenvalue weighted by molar-refractivity contribution is -0.138. The summed E-state index contributed by atoms with van der Waals surface area (Å²) in [5.74, 6) is -0.0114. The van der Waals surface area contributed by atoms with Crippen molar-refractivity contribution in [2.24, 2.45) is 0 Å². The third kappa shape index (κ3) is 5.49. The number of benzene rings is 2. The lowest BCUT2D eigenvalue weighted by atomic mass is 9.92. The smallest absolute Gasteiger partial charge is 0.311 e. The van der Waals surface area contributed by atoms with Gasteiger partial charge in [-0.1, -0.05) is 36.4 Å². The molecule has 1 aliphatic rings. The number of hydrogen-bond acceptors (Lipinski definition) is 4. The van der Waals surface area contributed by atoms with Crippen LogP contribution < -0.4 is 9.47 Å². The molecule has 0 bridgehead atoms. The first-order valence-electron chi connectivity index (χ1n) is 10.1. The number of carbonyl (C=O) groups is 1. The van der Waals surface area contributed by atoms with Crippen LogP contribution in [0.3, 0.4) is 0 Å². The summed E-state index contributed by atoms with van der Waals surface area (Å²) >= 11 is 0. The van der Waals surface area contributed by atoms with Crippen molar-refractivity contribution in [3.05, 3.63) is 59.7 Å². The fourth-order valence-electron chi connectivity index (χ4n) is 3.63. The number of aliphatic carboxylic acids is 1. The Kier molecular flexibility index (Phi) is 7.31. The summed E-state index contributed by atoms with van der Waals surface area (Å²) in [6.45, 7) is 6.31. The van der Waals surface area contributed by atoms with Crippen molar-refractivity contribution in [2.45, 2.75) is 32.1 Å². The van der Waals surface area contributed by atoms with Gasteiger partial charge < -0.3 is 14.6 Å². The molecule has 2 aromatic carbocycles. The van der Waals surface area contributed by atoms with Gasteiger partial charge in [0.05, 0.1) is 12.5 Å². The van der Waals surface area contributed by atoms with Gasteiger partial charge in [-0.3, -0.25) is 9.69 Å². The minimum absolute atomic E-state index is 0.410. The van der Waals surface area contributed by atoms with E-state index in [-0.39, 0.29) is 0 Å². The van der Waals surface area contributed by atoms with Gasteiger partial charge in [0.15, 0.2) is 11.5 Å². The van der Waals surface area contributed by atoms with E-state index in [0.717, 1.165) is 36.5 Å². The SMILES string of the molecule is CCOc1cc(CC(C(=O)O)c2ccccc2)ccc1OCCN1CCCC1. The number of rotatable bonds is 10. The lowest BCUT2D eigenvalue weighted by Crippen LogP contribution is -2.25. The molecule has 28 heavy (non-hydrogen) atoms. The van der Waals surface area contributed by atoms with Crippen molar-refractivity contribution in [1.29, 1.82) is 0 Å². The summed E-state index contributed by atoms with van der Waals surface area (Å²) < 4.78 is 11.7. The Morgan fingerprint density at radius 3 is 2.50 bits per heavy atom. The van der Waals surface area contributed by atoms with E-state index in [9.17, 15) is 9.90 Å². The molecular weight excluding hydrogens is 354 g/mol. The van der Waals surface area contributed by atoms with E-state index in [1.807, 2.05) is 55.5 Å². The highest BCUT2D eigenvalue weighted by Crippen LogP contribution is 2.31. The van der Waals surface area contributed by atoms with Gasteiger partial charge in [-0.05, 0) is 62.5 Å². The van der Waals surface area contributed by atoms with E-state index >= 15 is 0 Å². The highest BCUT2D eigenvalue weighted by atomic mass is 16.5. The molecule has 0 spiro atoms. The molecule has 5 heteroatoms. The number of likely N-dealkylation sites (tertiary alicyclic amines) is 1. The zero-order valence-electron chi connectivity index (χ0n) is 16.5. The van der Waals surface area contributed by atoms with Crippen LogP contribution in [-0.2, 0) is 11.2 Å². The number of nitrogens with zero attached hydrogens (tertiary/aromatic N) is 1. The first kappa shape index (κ1) is 20.2. The Morgan fingerprint density at radius 2 is 1.82 bits per heavy atom. The van der Waals surface area contributed by atoms with Crippen molar-refractivity contribution in [3.8, 4) is 11.5 Å². The molecule has 0 radical (unpaired) electrons. The van der Waals surface area contributed by atoms with E-state index in [0.29, 0.717) is 25.4 Å². The van der Waals surface area contributed by atoms with E-state index in [1.165, 1.54) is 12.8 Å². The highest BCUT2D eigenvalue weighted by molar-refractivity contribution is 5.76. The molecule has 1 N–H and O–H groups in total. The van der Waals surface area contributed by atoms with Gasteiger partial charge in [0.25, 0.3) is 0 Å². The normalized spacial score (nSPS) is 15.3. The fraction of sp³-hybridized carbons (Fsp3) is 0.435. The van der Waals surface area contributed by atoms with Gasteiger partial charge in [0.1, 0.15) is 6.61 Å². The first-order valence-corrected chi connectivity index (χ1v) is 10.1. The van der Waals surface area contributed by atoms with Crippen LogP contribution in [0.25, 0.3) is 0 Å². The average molecular weight is 383 g/mol. The van der Waals surface area contributed by atoms with E-state index in [1.54, 1.807) is 0 Å². The molecule has 1 saturated heterocycles. The Labute approximate surface area is 166 Å². The van der Waals surface area contributed by atoms with Crippen LogP contribution in [-0.4, -0.2) is 48.8 Å². The van der Waals surface area contributed by atoms with Crippen LogP contribution in [0, 0.1) is 0 Å². The number of hydrogen-bond donors (Lipinski definition) is 1. The Bertz CT molecular complexity index is 756. The third-order valence-electron chi connectivity index (χ3n) is 5.11. The van der Waals surface area contributed by atoms with Crippen molar-refractivity contribution in [1.82, 2.24) is 4.90 Å². The summed E-state index contributed by atoms with van der Waals surface area (Å²) in [5.41, 5.74) is 1.73. The van der Waals surface area contributed by atoms with Crippen molar-refractivity contribution in [2.75, 3.05) is 32.8 Å². The molecule has 3 rings (SSSR count). The molecule has 1 unspecified atom stereocenters. The van der Waals surface area contributed by atoms with Crippen LogP contribution in [0.5, 0.6) is 11.5 Å². The molecule has 0 aromatic heterocycles. The minimum Gasteiger partial charge on any atom is -0.490 e. The summed E-state index contributed by atoms with van der Waals surface area (Å²) in [5, 5.41) is 9.67. The standard InChI is InChI=1S/C23H29NO4/c1-2-27-22-17-18(16-20(23(25)26)19-8-4-3-5-9-19)10-11-21(22)28-15-14-24-12-6-7-13-24/h3-5,8-11,17,20H,2,6-7,12-16H2,1H3,(H,25,26). The maximum Gasteiger partial charge on any atom is 0.311 e. The molecule has 5 nitrogen and oxygen atoms in total. The maximum absolute atomic E-state index is 11.8. The molecule has 1 heterocycles. The molecule has 1 fully saturated rings. The molecule has 2 aromatic rings. The van der Waals surface area contributed by atoms with Gasteiger partial charge >= 0.3 is 5.97 Å². The Morgan fingerprint density at radius 1 is 1.07 bits per heavy atom. The molecule has 150 valence electrons. The monoisotopic (exact) mass is 383 g/mol. The second kappa shape index (κ2) is 10.1. The largest absolute Gasteiger partial charge is 0.490 e. The first-order chi connectivity index (χ1) is 13.7. The maximum atomic E-state index is 11.8. The minimum atomic E-state index is -0.824. The second-order valence-electron chi connectivity index (χ2n) is 7.12.